The predicted molar refractivity (Wildman–Crippen MR) is 91.9 cm³/mol. The Bertz CT molecular complexity index is 1070. The van der Waals surface area contributed by atoms with Crippen LogP contribution in [0.5, 0.6) is 0 Å². The second kappa shape index (κ2) is 6.98. The van der Waals surface area contributed by atoms with Crippen molar-refractivity contribution in [1.29, 1.82) is 0 Å². The summed E-state index contributed by atoms with van der Waals surface area (Å²) in [6.45, 7) is -0.581. The molecule has 0 bridgehead atoms. The van der Waals surface area contributed by atoms with E-state index in [2.05, 4.69) is 10.4 Å². The van der Waals surface area contributed by atoms with Gasteiger partial charge in [0.05, 0.1) is 5.39 Å². The number of fused-ring (bicyclic) bond motifs is 1. The van der Waals surface area contributed by atoms with Crippen LogP contribution in [0.1, 0.15) is 20.8 Å². The fourth-order valence-corrected chi connectivity index (χ4v) is 2.46. The van der Waals surface area contributed by atoms with Crippen LogP contribution in [0.15, 0.2) is 59.4 Å². The fraction of sp³-hybridized carbons (Fsp3) is 0.0556. The van der Waals surface area contributed by atoms with E-state index in [1.807, 2.05) is 0 Å². The minimum absolute atomic E-state index is 0.127. The van der Waals surface area contributed by atoms with Gasteiger partial charge in [0.1, 0.15) is 6.54 Å². The van der Waals surface area contributed by atoms with E-state index in [0.717, 1.165) is 4.68 Å². The van der Waals surface area contributed by atoms with E-state index in [1.165, 1.54) is 24.3 Å². The lowest BCUT2D eigenvalue weighted by Gasteiger charge is -2.09. The highest BCUT2D eigenvalue weighted by Gasteiger charge is 2.18. The first-order chi connectivity index (χ1) is 12.5. The summed E-state index contributed by atoms with van der Waals surface area (Å²) in [6, 6.07) is 14.2. The van der Waals surface area contributed by atoms with Crippen LogP contribution in [0.2, 0.25) is 0 Å². The number of aromatic nitrogens is 2. The van der Waals surface area contributed by atoms with E-state index in [0.29, 0.717) is 0 Å². The first-order valence-electron chi connectivity index (χ1n) is 7.60. The quantitative estimate of drug-likeness (QED) is 0.725. The Kier molecular flexibility index (Phi) is 4.57. The van der Waals surface area contributed by atoms with Crippen molar-refractivity contribution in [1.82, 2.24) is 15.1 Å². The molecule has 3 rings (SSSR count). The average Bonchev–Trinajstić information content (AvgIpc) is 2.64. The van der Waals surface area contributed by atoms with Gasteiger partial charge in [0.15, 0.2) is 5.69 Å². The molecule has 0 aliphatic rings. The number of hydrogen-bond acceptors (Lipinski definition) is 5. The van der Waals surface area contributed by atoms with Crippen molar-refractivity contribution in [3.63, 3.8) is 0 Å². The number of imide groups is 1. The number of nitrogens with zero attached hydrogens (tertiary/aromatic N) is 2. The Labute approximate surface area is 146 Å². The number of carbonyl (C=O) groups is 3. The molecule has 0 aliphatic heterocycles. The third-order valence-corrected chi connectivity index (χ3v) is 3.65. The van der Waals surface area contributed by atoms with Crippen molar-refractivity contribution >= 4 is 28.6 Å². The molecule has 0 spiro atoms. The number of amides is 2. The van der Waals surface area contributed by atoms with E-state index in [9.17, 15) is 24.3 Å². The Morgan fingerprint density at radius 1 is 0.962 bits per heavy atom. The lowest BCUT2D eigenvalue weighted by molar-refractivity contribution is -0.120. The third-order valence-electron chi connectivity index (χ3n) is 3.65. The van der Waals surface area contributed by atoms with E-state index in [1.54, 1.807) is 30.3 Å². The summed E-state index contributed by atoms with van der Waals surface area (Å²) in [4.78, 5) is 47.9. The van der Waals surface area contributed by atoms with Gasteiger partial charge in [0, 0.05) is 10.9 Å². The predicted octanol–water partition coefficient (Wildman–Crippen LogP) is 1.05. The maximum atomic E-state index is 12.4. The summed E-state index contributed by atoms with van der Waals surface area (Å²) >= 11 is 0. The summed E-state index contributed by atoms with van der Waals surface area (Å²) < 4.78 is 0.736. The third kappa shape index (κ3) is 3.34. The highest BCUT2D eigenvalue weighted by atomic mass is 16.4. The Morgan fingerprint density at radius 3 is 2.23 bits per heavy atom. The van der Waals surface area contributed by atoms with Gasteiger partial charge in [0.2, 0.25) is 5.91 Å². The van der Waals surface area contributed by atoms with Gasteiger partial charge in [-0.1, -0.05) is 36.4 Å². The zero-order valence-electron chi connectivity index (χ0n) is 13.4. The van der Waals surface area contributed by atoms with Gasteiger partial charge in [-0.2, -0.15) is 5.10 Å². The number of carboxylic acids is 1. The van der Waals surface area contributed by atoms with Crippen molar-refractivity contribution in [3.05, 3.63) is 76.2 Å². The number of hydrogen-bond donors (Lipinski definition) is 2. The van der Waals surface area contributed by atoms with Crippen molar-refractivity contribution < 1.29 is 19.5 Å². The molecule has 2 amide bonds. The molecule has 1 aromatic heterocycles. The van der Waals surface area contributed by atoms with Crippen molar-refractivity contribution in [2.45, 2.75) is 6.54 Å². The van der Waals surface area contributed by atoms with Crippen molar-refractivity contribution in [2.24, 2.45) is 0 Å². The van der Waals surface area contributed by atoms with Gasteiger partial charge in [-0.25, -0.2) is 9.48 Å². The number of carboxylic acid groups (broad SMARTS) is 1. The Hall–Kier alpha value is -3.81. The molecule has 0 atom stereocenters. The SMILES string of the molecule is O=C(Cn1nc(C(=O)O)c2ccccc2c1=O)NC(=O)c1ccccc1. The van der Waals surface area contributed by atoms with Gasteiger partial charge >= 0.3 is 5.97 Å². The Morgan fingerprint density at radius 2 is 1.58 bits per heavy atom. The van der Waals surface area contributed by atoms with Gasteiger partial charge in [0.25, 0.3) is 11.5 Å². The molecule has 0 unspecified atom stereocenters. The first-order valence-corrected chi connectivity index (χ1v) is 7.60. The second-order valence-corrected chi connectivity index (χ2v) is 5.41. The topological polar surface area (TPSA) is 118 Å². The highest BCUT2D eigenvalue weighted by molar-refractivity contribution is 6.05. The molecule has 8 heteroatoms. The van der Waals surface area contributed by atoms with Crippen LogP contribution in [0, 0.1) is 0 Å². The monoisotopic (exact) mass is 351 g/mol. The zero-order chi connectivity index (χ0) is 18.7. The molecule has 2 N–H and O–H groups in total. The minimum Gasteiger partial charge on any atom is -0.476 e. The molecule has 0 aliphatic carbocycles. The van der Waals surface area contributed by atoms with Crippen LogP contribution in [0.25, 0.3) is 10.8 Å². The van der Waals surface area contributed by atoms with Gasteiger partial charge < -0.3 is 5.11 Å². The summed E-state index contributed by atoms with van der Waals surface area (Å²) in [5.41, 5.74) is -0.679. The molecule has 0 saturated heterocycles. The molecule has 1 heterocycles. The van der Waals surface area contributed by atoms with Crippen LogP contribution < -0.4 is 10.9 Å². The Balaban J connectivity index is 1.90. The summed E-state index contributed by atoms with van der Waals surface area (Å²) in [6.07, 6.45) is 0. The molecule has 3 aromatic rings. The summed E-state index contributed by atoms with van der Waals surface area (Å²) in [7, 11) is 0. The first kappa shape index (κ1) is 17.0. The molecule has 26 heavy (non-hydrogen) atoms. The smallest absolute Gasteiger partial charge is 0.357 e. The van der Waals surface area contributed by atoms with E-state index >= 15 is 0 Å². The maximum absolute atomic E-state index is 12.4. The van der Waals surface area contributed by atoms with Crippen molar-refractivity contribution in [2.75, 3.05) is 0 Å². The van der Waals surface area contributed by atoms with Crippen LogP contribution >= 0.6 is 0 Å². The summed E-state index contributed by atoms with van der Waals surface area (Å²) in [5.74, 6) is -2.72. The number of nitrogens with one attached hydrogen (secondary N) is 1. The number of benzene rings is 2. The van der Waals surface area contributed by atoms with Crippen LogP contribution in [0.4, 0.5) is 0 Å². The number of aromatic carboxylic acids is 1. The average molecular weight is 351 g/mol. The normalized spacial score (nSPS) is 10.5. The molecule has 130 valence electrons. The highest BCUT2D eigenvalue weighted by Crippen LogP contribution is 2.13. The molecule has 0 fully saturated rings. The molecule has 0 saturated carbocycles. The lowest BCUT2D eigenvalue weighted by atomic mass is 10.1. The molecule has 2 aromatic carbocycles. The van der Waals surface area contributed by atoms with Gasteiger partial charge in [-0.05, 0) is 18.2 Å². The van der Waals surface area contributed by atoms with E-state index < -0.39 is 29.9 Å². The summed E-state index contributed by atoms with van der Waals surface area (Å²) in [5, 5.41) is 15.5. The molecular weight excluding hydrogens is 338 g/mol. The number of carbonyl (C=O) groups excluding carboxylic acids is 2. The van der Waals surface area contributed by atoms with E-state index in [-0.39, 0.29) is 22.0 Å². The standard InChI is InChI=1S/C18H13N3O5/c22-14(19-16(23)11-6-2-1-3-7-11)10-21-17(24)13-9-5-4-8-12(13)15(20-21)18(25)26/h1-9H,10H2,(H,25,26)(H,19,22,23). The fourth-order valence-electron chi connectivity index (χ4n) is 2.46. The largest absolute Gasteiger partial charge is 0.476 e. The van der Waals surface area contributed by atoms with Gasteiger partial charge in [-0.3, -0.25) is 19.7 Å². The number of rotatable bonds is 4. The van der Waals surface area contributed by atoms with Crippen LogP contribution in [0.3, 0.4) is 0 Å². The van der Waals surface area contributed by atoms with Crippen molar-refractivity contribution in [3.8, 4) is 0 Å². The van der Waals surface area contributed by atoms with Crippen LogP contribution in [-0.2, 0) is 11.3 Å². The minimum atomic E-state index is -1.32. The molecular formula is C18H13N3O5. The van der Waals surface area contributed by atoms with Crippen LogP contribution in [-0.4, -0.2) is 32.7 Å². The van der Waals surface area contributed by atoms with Gasteiger partial charge in [-0.15, -0.1) is 0 Å². The zero-order valence-corrected chi connectivity index (χ0v) is 13.4. The second-order valence-electron chi connectivity index (χ2n) is 5.41. The molecule has 8 nitrogen and oxygen atoms in total. The lowest BCUT2D eigenvalue weighted by Crippen LogP contribution is -2.37. The van der Waals surface area contributed by atoms with E-state index in [4.69, 9.17) is 0 Å². The maximum Gasteiger partial charge on any atom is 0.357 e. The molecule has 0 radical (unpaired) electrons.